The highest BCUT2D eigenvalue weighted by atomic mass is 16.5. The van der Waals surface area contributed by atoms with Gasteiger partial charge in [0, 0.05) is 51.2 Å². The second-order valence-corrected chi connectivity index (χ2v) is 11.8. The Morgan fingerprint density at radius 3 is 2.26 bits per heavy atom. The van der Waals surface area contributed by atoms with E-state index in [1.165, 1.54) is 17.6 Å². The highest BCUT2D eigenvalue weighted by Crippen LogP contribution is 2.39. The maximum absolute atomic E-state index is 14.3. The van der Waals surface area contributed by atoms with Crippen LogP contribution in [-0.2, 0) is 11.2 Å². The lowest BCUT2D eigenvalue weighted by Gasteiger charge is -2.39. The Kier molecular flexibility index (Phi) is 9.49. The first-order valence-electron chi connectivity index (χ1n) is 15.8. The predicted molar refractivity (Wildman–Crippen MR) is 179 cm³/mol. The van der Waals surface area contributed by atoms with E-state index in [4.69, 9.17) is 9.47 Å². The number of amides is 3. The summed E-state index contributed by atoms with van der Waals surface area (Å²) in [5, 5.41) is 2.95. The molecule has 0 saturated carbocycles. The molecule has 3 heterocycles. The lowest BCUT2D eigenvalue weighted by molar-refractivity contribution is -0.120. The highest BCUT2D eigenvalue weighted by molar-refractivity contribution is 6.24. The average molecular weight is 634 g/mol. The monoisotopic (exact) mass is 633 g/mol. The third-order valence-corrected chi connectivity index (χ3v) is 9.12. The molecule has 1 N–H and O–H groups in total. The number of nitrogens with zero attached hydrogens (tertiary/aromatic N) is 4. The number of benzene rings is 3. The number of imide groups is 1. The number of fused-ring (bicyclic) bond motifs is 1. The van der Waals surface area contributed by atoms with Gasteiger partial charge in [0.25, 0.3) is 11.8 Å². The molecule has 1 saturated heterocycles. The van der Waals surface area contributed by atoms with Crippen LogP contribution in [0.15, 0.2) is 91.3 Å². The fraction of sp³-hybridized carbons (Fsp3) is 0.297. The van der Waals surface area contributed by atoms with Crippen LogP contribution >= 0.6 is 0 Å². The Hall–Kier alpha value is -5.22. The molecular weight excluding hydrogens is 594 g/mol. The van der Waals surface area contributed by atoms with Gasteiger partial charge in [-0.05, 0) is 60.0 Å². The number of nitrogens with one attached hydrogen (secondary N) is 1. The minimum absolute atomic E-state index is 0.0241. The van der Waals surface area contributed by atoms with Crippen LogP contribution < -0.4 is 19.7 Å². The average Bonchev–Trinajstić information content (AvgIpc) is 3.37. The zero-order valence-electron chi connectivity index (χ0n) is 26.9. The zero-order chi connectivity index (χ0) is 32.9. The molecule has 1 fully saturated rings. The topological polar surface area (TPSA) is 104 Å². The summed E-state index contributed by atoms with van der Waals surface area (Å²) >= 11 is 0. The van der Waals surface area contributed by atoms with Gasteiger partial charge in [0.1, 0.15) is 0 Å². The maximum atomic E-state index is 14.3. The molecule has 6 rings (SSSR count). The van der Waals surface area contributed by atoms with Crippen LogP contribution in [0.25, 0.3) is 0 Å². The van der Waals surface area contributed by atoms with Crippen molar-refractivity contribution in [3.63, 3.8) is 0 Å². The molecule has 2 unspecified atom stereocenters. The van der Waals surface area contributed by atoms with Crippen molar-refractivity contribution < 1.29 is 23.9 Å². The van der Waals surface area contributed by atoms with E-state index >= 15 is 0 Å². The van der Waals surface area contributed by atoms with Gasteiger partial charge >= 0.3 is 0 Å². The number of carbonyl (C=O) groups excluding carboxylic acids is 3. The van der Waals surface area contributed by atoms with Gasteiger partial charge in [0.05, 0.1) is 43.5 Å². The Labute approximate surface area is 274 Å². The number of rotatable bonds is 11. The Balaban J connectivity index is 1.26. The number of aromatic nitrogens is 1. The minimum atomic E-state index is -0.792. The van der Waals surface area contributed by atoms with E-state index < -0.39 is 11.9 Å². The number of methoxy groups -OCH3 is 2. The summed E-state index contributed by atoms with van der Waals surface area (Å²) in [7, 11) is 3.07. The summed E-state index contributed by atoms with van der Waals surface area (Å²) in [6, 6.07) is 24.2. The molecule has 10 heteroatoms. The van der Waals surface area contributed by atoms with Crippen molar-refractivity contribution in [3.05, 3.63) is 119 Å². The number of anilines is 1. The Morgan fingerprint density at radius 1 is 0.830 bits per heavy atom. The molecule has 3 aromatic carbocycles. The van der Waals surface area contributed by atoms with Crippen LogP contribution in [0.5, 0.6) is 11.5 Å². The molecule has 4 aromatic rings. The zero-order valence-corrected chi connectivity index (χ0v) is 26.9. The second-order valence-electron chi connectivity index (χ2n) is 11.8. The van der Waals surface area contributed by atoms with E-state index in [1.807, 2.05) is 18.2 Å². The van der Waals surface area contributed by atoms with Crippen molar-refractivity contribution in [1.82, 2.24) is 20.1 Å². The van der Waals surface area contributed by atoms with Crippen LogP contribution in [0.3, 0.4) is 0 Å². The van der Waals surface area contributed by atoms with Crippen LogP contribution in [0.4, 0.5) is 5.69 Å². The number of carbonyl (C=O) groups is 3. The molecule has 47 heavy (non-hydrogen) atoms. The molecular formula is C37H39N5O5. The van der Waals surface area contributed by atoms with Crippen molar-refractivity contribution in [2.75, 3.05) is 51.8 Å². The molecule has 0 aliphatic carbocycles. The van der Waals surface area contributed by atoms with Gasteiger partial charge in [-0.2, -0.15) is 0 Å². The van der Waals surface area contributed by atoms with Crippen LogP contribution in [0.1, 0.15) is 56.4 Å². The summed E-state index contributed by atoms with van der Waals surface area (Å²) in [6.07, 6.45) is 3.41. The van der Waals surface area contributed by atoms with Crippen molar-refractivity contribution in [2.45, 2.75) is 25.4 Å². The molecule has 0 bridgehead atoms. The fourth-order valence-corrected chi connectivity index (χ4v) is 6.50. The molecule has 10 nitrogen and oxygen atoms in total. The summed E-state index contributed by atoms with van der Waals surface area (Å²) in [5.41, 5.74) is 4.22. The maximum Gasteiger partial charge on any atom is 0.264 e. The normalized spacial score (nSPS) is 16.1. The van der Waals surface area contributed by atoms with Crippen molar-refractivity contribution in [3.8, 4) is 11.5 Å². The second kappa shape index (κ2) is 14.0. The third kappa shape index (κ3) is 6.55. The van der Waals surface area contributed by atoms with Gasteiger partial charge in [0.15, 0.2) is 11.5 Å². The van der Waals surface area contributed by atoms with Crippen LogP contribution in [0.2, 0.25) is 0 Å². The van der Waals surface area contributed by atoms with Gasteiger partial charge in [-0.1, -0.05) is 42.5 Å². The molecule has 1 aromatic heterocycles. The predicted octanol–water partition coefficient (Wildman–Crippen LogP) is 4.68. The van der Waals surface area contributed by atoms with Crippen molar-refractivity contribution in [2.24, 2.45) is 0 Å². The summed E-state index contributed by atoms with van der Waals surface area (Å²) in [6.45, 7) is 5.33. The largest absolute Gasteiger partial charge is 0.493 e. The van der Waals surface area contributed by atoms with E-state index in [0.29, 0.717) is 28.2 Å². The van der Waals surface area contributed by atoms with Crippen LogP contribution in [0, 0.1) is 0 Å². The molecule has 0 radical (unpaired) electrons. The van der Waals surface area contributed by atoms with E-state index in [1.54, 1.807) is 55.9 Å². The lowest BCUT2D eigenvalue weighted by atomic mass is 10.0. The summed E-state index contributed by atoms with van der Waals surface area (Å²) < 4.78 is 11.0. The third-order valence-electron chi connectivity index (χ3n) is 9.12. The number of ether oxygens (including phenoxy) is 2. The summed E-state index contributed by atoms with van der Waals surface area (Å²) in [5.74, 6) is -0.0445. The van der Waals surface area contributed by atoms with Crippen LogP contribution in [-0.4, -0.2) is 79.4 Å². The Bertz CT molecular complexity index is 1740. The molecule has 2 aliphatic heterocycles. The van der Waals surface area contributed by atoms with E-state index in [2.05, 4.69) is 51.3 Å². The first-order valence-corrected chi connectivity index (χ1v) is 15.8. The number of hydrogen-bond acceptors (Lipinski definition) is 8. The Morgan fingerprint density at radius 2 is 1.55 bits per heavy atom. The van der Waals surface area contributed by atoms with Gasteiger partial charge in [-0.25, -0.2) is 0 Å². The van der Waals surface area contributed by atoms with Gasteiger partial charge in [-0.3, -0.25) is 29.2 Å². The van der Waals surface area contributed by atoms with Crippen molar-refractivity contribution in [1.29, 1.82) is 0 Å². The molecule has 3 amide bonds. The van der Waals surface area contributed by atoms with Gasteiger partial charge < -0.3 is 19.7 Å². The molecule has 2 aliphatic rings. The number of piperazine rings is 1. The molecule has 0 spiro atoms. The van der Waals surface area contributed by atoms with Gasteiger partial charge in [-0.15, -0.1) is 0 Å². The smallest absolute Gasteiger partial charge is 0.264 e. The van der Waals surface area contributed by atoms with E-state index in [-0.39, 0.29) is 30.8 Å². The molecule has 242 valence electrons. The quantitative estimate of drug-likeness (QED) is 0.238. The molecule has 2 atom stereocenters. The van der Waals surface area contributed by atoms with E-state index in [0.717, 1.165) is 37.4 Å². The lowest BCUT2D eigenvalue weighted by Crippen LogP contribution is -2.47. The number of pyridine rings is 1. The van der Waals surface area contributed by atoms with Gasteiger partial charge in [0.2, 0.25) is 5.91 Å². The van der Waals surface area contributed by atoms with E-state index in [9.17, 15) is 14.4 Å². The SMILES string of the molecule is COc1ccc(C(CNC(=O)Cc2ccncc2)N2C(=O)c3cccc(N4CCN(C(C)c5ccccc5)CC4)c3C2=O)cc1OC. The van der Waals surface area contributed by atoms with Crippen molar-refractivity contribution >= 4 is 23.4 Å². The number of hydrogen-bond donors (Lipinski definition) is 1. The fourth-order valence-electron chi connectivity index (χ4n) is 6.50. The summed E-state index contributed by atoms with van der Waals surface area (Å²) in [4.78, 5) is 51.4. The highest BCUT2D eigenvalue weighted by Gasteiger charge is 2.43. The minimum Gasteiger partial charge on any atom is -0.493 e. The standard InChI is InChI=1S/C37H39N5O5/c1-25(27-8-5-4-6-9-27)40-18-20-41(21-19-40)30-11-7-10-29-35(30)37(45)42(36(29)44)31(28-12-13-32(46-2)33(23-28)47-3)24-39-34(43)22-26-14-16-38-17-15-26/h4-17,23,25,31H,18-22,24H2,1-3H3,(H,39,43). The first kappa shape index (κ1) is 31.7. The first-order chi connectivity index (χ1) is 22.9.